The second-order valence-corrected chi connectivity index (χ2v) is 5.43. The average molecular weight is 294 g/mol. The minimum Gasteiger partial charge on any atom is -0.481 e. The highest BCUT2D eigenvalue weighted by Crippen LogP contribution is 2.23. The molecule has 106 valence electrons. The Kier molecular flexibility index (Phi) is 4.45. The fourth-order valence-electron chi connectivity index (χ4n) is 2.34. The van der Waals surface area contributed by atoms with Gasteiger partial charge in [0.2, 0.25) is 5.91 Å². The van der Waals surface area contributed by atoms with Crippen molar-refractivity contribution < 1.29 is 14.7 Å². The Morgan fingerprint density at radius 1 is 1.35 bits per heavy atom. The summed E-state index contributed by atoms with van der Waals surface area (Å²) >= 11 is 6.00. The standard InChI is InChI=1S/C15H16ClNO3/c1-10-8-17(9-12(10)15(19)20)14(18)7-6-11-4-2-3-5-13(11)16/h2-7,10,12H,8-9H2,1H3,(H,19,20)/b7-6+/t10-,12-/m1/s1. The number of aliphatic carboxylic acids is 1. The summed E-state index contributed by atoms with van der Waals surface area (Å²) in [6.45, 7) is 2.59. The molecule has 0 bridgehead atoms. The van der Waals surface area contributed by atoms with Crippen molar-refractivity contribution in [3.63, 3.8) is 0 Å². The Morgan fingerprint density at radius 3 is 2.65 bits per heavy atom. The molecular weight excluding hydrogens is 278 g/mol. The van der Waals surface area contributed by atoms with Gasteiger partial charge in [0.15, 0.2) is 0 Å². The smallest absolute Gasteiger partial charge is 0.308 e. The average Bonchev–Trinajstić information content (AvgIpc) is 2.80. The van der Waals surface area contributed by atoms with Gasteiger partial charge >= 0.3 is 5.97 Å². The summed E-state index contributed by atoms with van der Waals surface area (Å²) in [4.78, 5) is 24.6. The molecule has 0 radical (unpaired) electrons. The first kappa shape index (κ1) is 14.6. The first-order valence-electron chi connectivity index (χ1n) is 6.43. The van der Waals surface area contributed by atoms with Crippen molar-refractivity contribution in [2.45, 2.75) is 6.92 Å². The van der Waals surface area contributed by atoms with Crippen LogP contribution in [0.4, 0.5) is 0 Å². The number of carboxylic acid groups (broad SMARTS) is 1. The molecule has 1 N–H and O–H groups in total. The van der Waals surface area contributed by atoms with E-state index in [2.05, 4.69) is 0 Å². The lowest BCUT2D eigenvalue weighted by molar-refractivity contribution is -0.142. The van der Waals surface area contributed by atoms with Gasteiger partial charge in [-0.1, -0.05) is 36.7 Å². The number of carbonyl (C=O) groups excluding carboxylic acids is 1. The molecule has 1 amide bonds. The summed E-state index contributed by atoms with van der Waals surface area (Å²) in [5.41, 5.74) is 0.768. The molecular formula is C15H16ClNO3. The molecule has 0 aromatic heterocycles. The Labute approximate surface area is 122 Å². The van der Waals surface area contributed by atoms with Gasteiger partial charge in [0.05, 0.1) is 5.92 Å². The third-order valence-corrected chi connectivity index (χ3v) is 3.90. The van der Waals surface area contributed by atoms with E-state index in [1.54, 1.807) is 17.0 Å². The first-order valence-corrected chi connectivity index (χ1v) is 6.81. The zero-order chi connectivity index (χ0) is 14.7. The number of nitrogens with zero attached hydrogens (tertiary/aromatic N) is 1. The third-order valence-electron chi connectivity index (χ3n) is 3.55. The number of hydrogen-bond acceptors (Lipinski definition) is 2. The number of halogens is 1. The highest BCUT2D eigenvalue weighted by Gasteiger charge is 2.36. The normalized spacial score (nSPS) is 22.4. The lowest BCUT2D eigenvalue weighted by atomic mass is 9.99. The van der Waals surface area contributed by atoms with E-state index in [-0.39, 0.29) is 18.4 Å². The molecule has 1 aromatic carbocycles. The van der Waals surface area contributed by atoms with Crippen LogP contribution in [0.2, 0.25) is 5.02 Å². The molecule has 1 aliphatic heterocycles. The van der Waals surface area contributed by atoms with E-state index in [1.807, 2.05) is 25.1 Å². The fraction of sp³-hybridized carbons (Fsp3) is 0.333. The molecule has 1 saturated heterocycles. The van der Waals surface area contributed by atoms with Gasteiger partial charge in [0, 0.05) is 24.2 Å². The van der Waals surface area contributed by atoms with Crippen LogP contribution in [0.15, 0.2) is 30.3 Å². The van der Waals surface area contributed by atoms with Crippen LogP contribution in [0, 0.1) is 11.8 Å². The number of amides is 1. The maximum absolute atomic E-state index is 12.0. The molecule has 0 spiro atoms. The molecule has 2 rings (SSSR count). The number of rotatable bonds is 3. The van der Waals surface area contributed by atoms with E-state index in [9.17, 15) is 9.59 Å². The zero-order valence-corrected chi connectivity index (χ0v) is 11.9. The fourth-order valence-corrected chi connectivity index (χ4v) is 2.54. The van der Waals surface area contributed by atoms with Crippen LogP contribution in [0.1, 0.15) is 12.5 Å². The first-order chi connectivity index (χ1) is 9.49. The predicted octanol–water partition coefficient (Wildman–Crippen LogP) is 2.53. The second kappa shape index (κ2) is 6.09. The Hall–Kier alpha value is -1.81. The van der Waals surface area contributed by atoms with Crippen LogP contribution in [-0.2, 0) is 9.59 Å². The molecule has 1 heterocycles. The van der Waals surface area contributed by atoms with E-state index in [0.29, 0.717) is 11.6 Å². The van der Waals surface area contributed by atoms with Crippen molar-refractivity contribution in [2.75, 3.05) is 13.1 Å². The molecule has 2 atom stereocenters. The lowest BCUT2D eigenvalue weighted by Crippen LogP contribution is -2.28. The molecule has 0 unspecified atom stereocenters. The highest BCUT2D eigenvalue weighted by atomic mass is 35.5. The van der Waals surface area contributed by atoms with Crippen LogP contribution >= 0.6 is 11.6 Å². The summed E-state index contributed by atoms with van der Waals surface area (Å²) in [6.07, 6.45) is 3.10. The molecule has 4 nitrogen and oxygen atoms in total. The van der Waals surface area contributed by atoms with Crippen LogP contribution < -0.4 is 0 Å². The van der Waals surface area contributed by atoms with Crippen molar-refractivity contribution in [1.29, 1.82) is 0 Å². The largest absolute Gasteiger partial charge is 0.481 e. The summed E-state index contributed by atoms with van der Waals surface area (Å²) in [5.74, 6) is -1.53. The van der Waals surface area contributed by atoms with Gasteiger partial charge in [0.1, 0.15) is 0 Å². The van der Waals surface area contributed by atoms with Crippen molar-refractivity contribution in [3.05, 3.63) is 40.9 Å². The van der Waals surface area contributed by atoms with Crippen LogP contribution in [0.5, 0.6) is 0 Å². The van der Waals surface area contributed by atoms with Gasteiger partial charge in [-0.3, -0.25) is 9.59 Å². The van der Waals surface area contributed by atoms with Gasteiger partial charge in [-0.25, -0.2) is 0 Å². The number of benzene rings is 1. The number of likely N-dealkylation sites (tertiary alicyclic amines) is 1. The molecule has 1 aromatic rings. The van der Waals surface area contributed by atoms with Crippen LogP contribution in [0.25, 0.3) is 6.08 Å². The lowest BCUT2D eigenvalue weighted by Gasteiger charge is -2.12. The molecule has 20 heavy (non-hydrogen) atoms. The van der Waals surface area contributed by atoms with Crippen LogP contribution in [-0.4, -0.2) is 35.0 Å². The summed E-state index contributed by atoms with van der Waals surface area (Å²) in [7, 11) is 0. The molecule has 1 fully saturated rings. The SMILES string of the molecule is C[C@@H]1CN(C(=O)/C=C/c2ccccc2Cl)C[C@H]1C(=O)O. The number of hydrogen-bond donors (Lipinski definition) is 1. The zero-order valence-electron chi connectivity index (χ0n) is 11.1. The minimum atomic E-state index is -0.845. The van der Waals surface area contributed by atoms with Gasteiger partial charge in [0.25, 0.3) is 0 Å². The minimum absolute atomic E-state index is 0.0230. The summed E-state index contributed by atoms with van der Waals surface area (Å²) < 4.78 is 0. The van der Waals surface area contributed by atoms with Crippen molar-refractivity contribution in [1.82, 2.24) is 4.90 Å². The van der Waals surface area contributed by atoms with E-state index < -0.39 is 11.9 Å². The van der Waals surface area contributed by atoms with E-state index >= 15 is 0 Å². The van der Waals surface area contributed by atoms with Crippen molar-refractivity contribution in [2.24, 2.45) is 11.8 Å². The highest BCUT2D eigenvalue weighted by molar-refractivity contribution is 6.32. The molecule has 5 heteroatoms. The van der Waals surface area contributed by atoms with Gasteiger partial charge in [-0.15, -0.1) is 0 Å². The van der Waals surface area contributed by atoms with Crippen molar-refractivity contribution >= 4 is 29.6 Å². The van der Waals surface area contributed by atoms with Crippen molar-refractivity contribution in [3.8, 4) is 0 Å². The summed E-state index contributed by atoms with van der Waals surface area (Å²) in [5, 5.41) is 9.63. The van der Waals surface area contributed by atoms with E-state index in [1.165, 1.54) is 6.08 Å². The Balaban J connectivity index is 2.03. The molecule has 1 aliphatic rings. The Morgan fingerprint density at radius 2 is 2.05 bits per heavy atom. The molecule has 0 saturated carbocycles. The van der Waals surface area contributed by atoms with E-state index in [0.717, 1.165) is 5.56 Å². The quantitative estimate of drug-likeness (QED) is 0.871. The summed E-state index contributed by atoms with van der Waals surface area (Å²) in [6, 6.07) is 7.23. The topological polar surface area (TPSA) is 57.6 Å². The maximum atomic E-state index is 12.0. The monoisotopic (exact) mass is 293 g/mol. The van der Waals surface area contributed by atoms with E-state index in [4.69, 9.17) is 16.7 Å². The van der Waals surface area contributed by atoms with Gasteiger partial charge < -0.3 is 10.0 Å². The number of carboxylic acids is 1. The van der Waals surface area contributed by atoms with Gasteiger partial charge in [-0.05, 0) is 23.6 Å². The van der Waals surface area contributed by atoms with Gasteiger partial charge in [-0.2, -0.15) is 0 Å². The molecule has 0 aliphatic carbocycles. The second-order valence-electron chi connectivity index (χ2n) is 5.02. The third kappa shape index (κ3) is 3.20. The maximum Gasteiger partial charge on any atom is 0.308 e. The number of carbonyl (C=O) groups is 2. The van der Waals surface area contributed by atoms with Crippen LogP contribution in [0.3, 0.4) is 0 Å². The predicted molar refractivity (Wildman–Crippen MR) is 77.4 cm³/mol. The Bertz CT molecular complexity index is 556.